The van der Waals surface area contributed by atoms with Crippen LogP contribution >= 0.6 is 23.2 Å². The Morgan fingerprint density at radius 3 is 2.73 bits per heavy atom. The van der Waals surface area contributed by atoms with Crippen LogP contribution in [0.2, 0.25) is 10.0 Å². The van der Waals surface area contributed by atoms with Gasteiger partial charge in [0.25, 0.3) is 5.91 Å². The molecular formula is C15H12Cl2N2O3. The molecule has 0 radical (unpaired) electrons. The lowest BCUT2D eigenvalue weighted by Crippen LogP contribution is -2.38. The van der Waals surface area contributed by atoms with Crippen molar-refractivity contribution in [2.45, 2.75) is 19.0 Å². The average Bonchev–Trinajstić information content (AvgIpc) is 3.09. The second kappa shape index (κ2) is 6.12. The number of hydrogen-bond donors (Lipinski definition) is 1. The molecule has 2 aromatic rings. The van der Waals surface area contributed by atoms with E-state index in [9.17, 15) is 9.59 Å². The summed E-state index contributed by atoms with van der Waals surface area (Å²) in [5.41, 5.74) is 0.423. The number of nitrogens with zero attached hydrogens (tertiary/aromatic N) is 1. The molecule has 3 rings (SSSR count). The zero-order chi connectivity index (χ0) is 15.7. The maximum absolute atomic E-state index is 12.4. The van der Waals surface area contributed by atoms with Crippen LogP contribution in [0.5, 0.6) is 0 Å². The van der Waals surface area contributed by atoms with Crippen LogP contribution in [-0.4, -0.2) is 17.9 Å². The van der Waals surface area contributed by atoms with Gasteiger partial charge in [-0.25, -0.2) is 4.90 Å². The van der Waals surface area contributed by atoms with Crippen molar-refractivity contribution in [2.24, 2.45) is 0 Å². The zero-order valence-corrected chi connectivity index (χ0v) is 12.9. The number of rotatable bonds is 4. The molecule has 1 aromatic heterocycles. The van der Waals surface area contributed by atoms with Gasteiger partial charge in [0.1, 0.15) is 5.76 Å². The third-order valence-corrected chi connectivity index (χ3v) is 4.15. The molecule has 0 spiro atoms. The number of amides is 2. The van der Waals surface area contributed by atoms with E-state index in [1.165, 1.54) is 6.07 Å². The third-order valence-electron chi connectivity index (χ3n) is 3.41. The van der Waals surface area contributed by atoms with Gasteiger partial charge in [-0.3, -0.25) is 14.9 Å². The highest BCUT2D eigenvalue weighted by atomic mass is 35.5. The summed E-state index contributed by atoms with van der Waals surface area (Å²) in [6, 6.07) is 7.65. The minimum Gasteiger partial charge on any atom is -0.468 e. The predicted octanol–water partition coefficient (Wildman–Crippen LogP) is 3.01. The fourth-order valence-corrected chi connectivity index (χ4v) is 2.62. The van der Waals surface area contributed by atoms with Crippen molar-refractivity contribution >= 4 is 40.7 Å². The Bertz CT molecular complexity index is 716. The Hall–Kier alpha value is -1.82. The molecule has 1 aliphatic heterocycles. The van der Waals surface area contributed by atoms with E-state index in [4.69, 9.17) is 27.6 Å². The van der Waals surface area contributed by atoms with Gasteiger partial charge in [0, 0.05) is 0 Å². The van der Waals surface area contributed by atoms with Crippen LogP contribution in [-0.2, 0) is 16.1 Å². The number of furan rings is 1. The molecule has 0 aliphatic carbocycles. The SMILES string of the molecule is O=C1C[C@@H](NCc2ccco2)C(=O)N1c1ccc(Cl)c(Cl)c1. The molecule has 22 heavy (non-hydrogen) atoms. The lowest BCUT2D eigenvalue weighted by atomic mass is 10.2. The smallest absolute Gasteiger partial charge is 0.251 e. The van der Waals surface area contributed by atoms with Gasteiger partial charge >= 0.3 is 0 Å². The summed E-state index contributed by atoms with van der Waals surface area (Å²) in [5, 5.41) is 3.70. The van der Waals surface area contributed by atoms with Crippen LogP contribution < -0.4 is 10.2 Å². The topological polar surface area (TPSA) is 62.6 Å². The van der Waals surface area contributed by atoms with Crippen molar-refractivity contribution in [1.29, 1.82) is 0 Å². The predicted molar refractivity (Wildman–Crippen MR) is 82.9 cm³/mol. The maximum atomic E-state index is 12.4. The van der Waals surface area contributed by atoms with E-state index in [0.717, 1.165) is 4.90 Å². The Kier molecular flexibility index (Phi) is 4.20. The molecule has 1 saturated heterocycles. The molecule has 2 heterocycles. The van der Waals surface area contributed by atoms with Crippen molar-refractivity contribution in [1.82, 2.24) is 5.32 Å². The summed E-state index contributed by atoms with van der Waals surface area (Å²) in [7, 11) is 0. The van der Waals surface area contributed by atoms with Crippen LogP contribution in [0.1, 0.15) is 12.2 Å². The van der Waals surface area contributed by atoms with E-state index in [-0.39, 0.29) is 18.2 Å². The second-order valence-electron chi connectivity index (χ2n) is 4.88. The largest absolute Gasteiger partial charge is 0.468 e. The van der Waals surface area contributed by atoms with Gasteiger partial charge in [0.15, 0.2) is 0 Å². The summed E-state index contributed by atoms with van der Waals surface area (Å²) < 4.78 is 5.19. The number of anilines is 1. The molecule has 2 amide bonds. The molecule has 0 bridgehead atoms. The van der Waals surface area contributed by atoms with Gasteiger partial charge in [0.2, 0.25) is 5.91 Å². The van der Waals surface area contributed by atoms with Crippen molar-refractivity contribution < 1.29 is 14.0 Å². The van der Waals surface area contributed by atoms with Crippen LogP contribution in [0, 0.1) is 0 Å². The summed E-state index contributed by atoms with van der Waals surface area (Å²) >= 11 is 11.8. The Balaban J connectivity index is 1.74. The third kappa shape index (κ3) is 2.88. The van der Waals surface area contributed by atoms with Gasteiger partial charge in [0.05, 0.1) is 41.0 Å². The van der Waals surface area contributed by atoms with Gasteiger partial charge in [-0.1, -0.05) is 23.2 Å². The highest BCUT2D eigenvalue weighted by molar-refractivity contribution is 6.42. The fourth-order valence-electron chi connectivity index (χ4n) is 2.32. The Labute approximate surface area is 136 Å². The molecule has 1 aromatic carbocycles. The minimum absolute atomic E-state index is 0.0970. The van der Waals surface area contributed by atoms with Gasteiger partial charge in [-0.15, -0.1) is 0 Å². The second-order valence-corrected chi connectivity index (χ2v) is 5.70. The van der Waals surface area contributed by atoms with Crippen molar-refractivity contribution in [3.8, 4) is 0 Å². The first-order valence-corrected chi connectivity index (χ1v) is 7.39. The highest BCUT2D eigenvalue weighted by Gasteiger charge is 2.39. The van der Waals surface area contributed by atoms with Gasteiger partial charge < -0.3 is 4.42 Å². The maximum Gasteiger partial charge on any atom is 0.251 e. The van der Waals surface area contributed by atoms with Crippen molar-refractivity contribution in [3.63, 3.8) is 0 Å². The van der Waals surface area contributed by atoms with E-state index in [0.29, 0.717) is 28.0 Å². The molecule has 7 heteroatoms. The lowest BCUT2D eigenvalue weighted by Gasteiger charge is -2.16. The number of nitrogens with one attached hydrogen (secondary N) is 1. The van der Waals surface area contributed by atoms with Crippen LogP contribution in [0.15, 0.2) is 41.0 Å². The number of carbonyl (C=O) groups excluding carboxylic acids is 2. The van der Waals surface area contributed by atoms with Crippen LogP contribution in [0.3, 0.4) is 0 Å². The lowest BCUT2D eigenvalue weighted by molar-refractivity contribution is -0.121. The van der Waals surface area contributed by atoms with E-state index in [1.807, 2.05) is 0 Å². The molecule has 5 nitrogen and oxygen atoms in total. The summed E-state index contributed by atoms with van der Waals surface area (Å²) in [6.45, 7) is 0.381. The molecule has 1 aliphatic rings. The minimum atomic E-state index is -0.577. The number of hydrogen-bond acceptors (Lipinski definition) is 4. The standard InChI is InChI=1S/C15H12Cl2N2O3/c16-11-4-3-9(6-12(11)17)19-14(20)7-13(15(19)21)18-8-10-2-1-5-22-10/h1-6,13,18H,7-8H2/t13-/m1/s1. The van der Waals surface area contributed by atoms with E-state index in [1.54, 1.807) is 30.5 Å². The first kappa shape index (κ1) is 15.1. The summed E-state index contributed by atoms with van der Waals surface area (Å²) in [4.78, 5) is 25.7. The molecule has 1 fully saturated rings. The monoisotopic (exact) mass is 338 g/mol. The molecule has 1 atom stereocenters. The van der Waals surface area contributed by atoms with Crippen LogP contribution in [0.25, 0.3) is 0 Å². The number of imide groups is 1. The van der Waals surface area contributed by atoms with Gasteiger partial charge in [-0.05, 0) is 30.3 Å². The average molecular weight is 339 g/mol. The van der Waals surface area contributed by atoms with E-state index >= 15 is 0 Å². The molecule has 0 unspecified atom stereocenters. The number of halogens is 2. The molecule has 114 valence electrons. The highest BCUT2D eigenvalue weighted by Crippen LogP contribution is 2.30. The van der Waals surface area contributed by atoms with E-state index in [2.05, 4.69) is 5.32 Å². The normalized spacial score (nSPS) is 18.3. The van der Waals surface area contributed by atoms with Crippen molar-refractivity contribution in [2.75, 3.05) is 4.90 Å². The fraction of sp³-hybridized carbons (Fsp3) is 0.200. The molecule has 0 saturated carbocycles. The summed E-state index contributed by atoms with van der Waals surface area (Å²) in [6.07, 6.45) is 1.65. The zero-order valence-electron chi connectivity index (χ0n) is 11.4. The Morgan fingerprint density at radius 1 is 1.23 bits per heavy atom. The van der Waals surface area contributed by atoms with Gasteiger partial charge in [-0.2, -0.15) is 0 Å². The van der Waals surface area contributed by atoms with E-state index < -0.39 is 6.04 Å². The number of carbonyl (C=O) groups is 2. The number of benzene rings is 1. The first-order chi connectivity index (χ1) is 10.6. The summed E-state index contributed by atoms with van der Waals surface area (Å²) in [5.74, 6) is 0.114. The van der Waals surface area contributed by atoms with Crippen molar-refractivity contribution in [3.05, 3.63) is 52.4 Å². The Morgan fingerprint density at radius 2 is 2.05 bits per heavy atom. The quantitative estimate of drug-likeness (QED) is 0.870. The van der Waals surface area contributed by atoms with Crippen LogP contribution in [0.4, 0.5) is 5.69 Å². The molecule has 1 N–H and O–H groups in total. The molecular weight excluding hydrogens is 327 g/mol. The first-order valence-electron chi connectivity index (χ1n) is 6.64.